The van der Waals surface area contributed by atoms with Gasteiger partial charge in [0.2, 0.25) is 5.91 Å². The number of methoxy groups -OCH3 is 2. The first-order valence-electron chi connectivity index (χ1n) is 15.1. The first-order chi connectivity index (χ1) is 22.7. The summed E-state index contributed by atoms with van der Waals surface area (Å²) in [6.07, 6.45) is -2.50. The van der Waals surface area contributed by atoms with E-state index in [1.54, 1.807) is 54.6 Å². The summed E-state index contributed by atoms with van der Waals surface area (Å²) in [6.45, 7) is 5.16. The molecule has 0 saturated heterocycles. The number of hydrogen-bond donors (Lipinski definition) is 2. The molecular weight excluding hydrogens is 663 g/mol. The number of halogens is 2. The maximum Gasteiger partial charge on any atom is 0.303 e. The molecule has 0 fully saturated rings. The lowest BCUT2D eigenvalue weighted by molar-refractivity contribution is -0.144. The number of para-hydroxylation sites is 1. The van der Waals surface area contributed by atoms with Gasteiger partial charge in [-0.1, -0.05) is 55.2 Å². The van der Waals surface area contributed by atoms with Crippen LogP contribution in [0, 0.1) is 5.41 Å². The molecule has 0 bridgehead atoms. The molecule has 48 heavy (non-hydrogen) atoms. The molecule has 3 aromatic rings. The molecule has 0 aliphatic carbocycles. The van der Waals surface area contributed by atoms with Gasteiger partial charge in [0.05, 0.1) is 38.0 Å². The zero-order valence-electron chi connectivity index (χ0n) is 27.3. The average molecular weight is 702 g/mol. The van der Waals surface area contributed by atoms with Crippen LogP contribution in [0.25, 0.3) is 0 Å². The van der Waals surface area contributed by atoms with Crippen LogP contribution in [0.1, 0.15) is 56.4 Å². The lowest BCUT2D eigenvalue weighted by Crippen LogP contribution is -2.46. The predicted octanol–water partition coefficient (Wildman–Crippen LogP) is 6.47. The molecular formula is C35H38Cl2N2O9. The van der Waals surface area contributed by atoms with Gasteiger partial charge in [-0.15, -0.1) is 0 Å². The summed E-state index contributed by atoms with van der Waals surface area (Å²) in [5.41, 5.74) is 1.80. The summed E-state index contributed by atoms with van der Waals surface area (Å²) in [4.78, 5) is 52.3. The number of carbonyl (C=O) groups excluding carboxylic acids is 3. The van der Waals surface area contributed by atoms with Crippen LogP contribution in [0.5, 0.6) is 11.5 Å². The number of benzene rings is 3. The Bertz CT molecular complexity index is 1690. The number of fused-ring (bicyclic) bond motifs is 1. The molecule has 0 unspecified atom stereocenters. The Morgan fingerprint density at radius 1 is 1.02 bits per heavy atom. The van der Waals surface area contributed by atoms with Gasteiger partial charge in [0.15, 0.2) is 11.5 Å². The normalized spacial score (nSPS) is 16.1. The molecule has 0 aromatic heterocycles. The largest absolute Gasteiger partial charge is 0.493 e. The fourth-order valence-electron chi connectivity index (χ4n) is 5.44. The predicted molar refractivity (Wildman–Crippen MR) is 181 cm³/mol. The van der Waals surface area contributed by atoms with Crippen molar-refractivity contribution in [2.75, 3.05) is 37.6 Å². The maximum absolute atomic E-state index is 14.5. The lowest BCUT2D eigenvalue weighted by Gasteiger charge is -2.33. The molecule has 0 spiro atoms. The second-order valence-electron chi connectivity index (χ2n) is 12.1. The highest BCUT2D eigenvalue weighted by Gasteiger charge is 2.41. The molecule has 1 aliphatic rings. The lowest BCUT2D eigenvalue weighted by atomic mass is 9.92. The molecule has 1 aliphatic heterocycles. The van der Waals surface area contributed by atoms with Crippen LogP contribution in [-0.4, -0.2) is 62.3 Å². The van der Waals surface area contributed by atoms with Gasteiger partial charge in [-0.2, -0.15) is 0 Å². The van der Waals surface area contributed by atoms with Crippen molar-refractivity contribution in [3.63, 3.8) is 0 Å². The van der Waals surface area contributed by atoms with Gasteiger partial charge >= 0.3 is 11.9 Å². The molecule has 2 atom stereocenters. The third-order valence-corrected chi connectivity index (χ3v) is 8.24. The molecule has 11 nitrogen and oxygen atoms in total. The first kappa shape index (κ1) is 36.5. The van der Waals surface area contributed by atoms with E-state index in [-0.39, 0.29) is 36.7 Å². The Morgan fingerprint density at radius 2 is 1.77 bits per heavy atom. The minimum atomic E-state index is -1.31. The molecule has 13 heteroatoms. The molecule has 3 aromatic carbocycles. The summed E-state index contributed by atoms with van der Waals surface area (Å²) in [7, 11) is 3.00. The van der Waals surface area contributed by atoms with Gasteiger partial charge in [0.1, 0.15) is 12.2 Å². The average Bonchev–Trinajstić information content (AvgIpc) is 3.13. The van der Waals surface area contributed by atoms with E-state index in [4.69, 9.17) is 47.3 Å². The van der Waals surface area contributed by atoms with Gasteiger partial charge in [-0.3, -0.25) is 19.2 Å². The topological polar surface area (TPSA) is 141 Å². The fourth-order valence-corrected chi connectivity index (χ4v) is 5.79. The van der Waals surface area contributed by atoms with Crippen LogP contribution in [0.2, 0.25) is 10.0 Å². The van der Waals surface area contributed by atoms with Crippen LogP contribution < -0.4 is 19.7 Å². The number of ether oxygens (including phenoxy) is 4. The third kappa shape index (κ3) is 8.97. The van der Waals surface area contributed by atoms with E-state index >= 15 is 0 Å². The van der Waals surface area contributed by atoms with Crippen molar-refractivity contribution < 1.29 is 43.2 Å². The highest BCUT2D eigenvalue weighted by atomic mass is 35.5. The minimum Gasteiger partial charge on any atom is -0.493 e. The molecule has 4 rings (SSSR count). The Labute approximate surface area is 289 Å². The highest BCUT2D eigenvalue weighted by molar-refractivity contribution is 6.33. The number of carbonyl (C=O) groups is 4. The van der Waals surface area contributed by atoms with Gasteiger partial charge in [0, 0.05) is 47.1 Å². The smallest absolute Gasteiger partial charge is 0.303 e. The van der Waals surface area contributed by atoms with Crippen molar-refractivity contribution in [2.45, 2.75) is 52.2 Å². The summed E-state index contributed by atoms with van der Waals surface area (Å²) in [6, 6.07) is 15.2. The molecule has 1 heterocycles. The van der Waals surface area contributed by atoms with Crippen molar-refractivity contribution >= 4 is 58.3 Å². The standard InChI is InChI=1S/C35H38Cl2N2O9/c1-20(40)47-19-35(2,3)18-39-27-13-11-22(36)16-24(27)32(23-7-6-8-28(45-4)33(23)46-5)48-29(34(39)44)17-30(41)38-26-15-21(9-12-25(26)37)10-14-31(42)43/h6-9,11-13,15-16,29,32H,10,14,17-19H2,1-5H3,(H,38,41)(H,42,43)/t29-,32-/m1/s1. The number of aliphatic carboxylic acids is 1. The number of anilines is 2. The minimum absolute atomic E-state index is 0.0326. The van der Waals surface area contributed by atoms with E-state index < -0.39 is 47.8 Å². The van der Waals surface area contributed by atoms with E-state index in [0.29, 0.717) is 38.9 Å². The maximum atomic E-state index is 14.5. The number of nitrogens with one attached hydrogen (secondary N) is 1. The van der Waals surface area contributed by atoms with Crippen LogP contribution in [-0.2, 0) is 35.1 Å². The Morgan fingerprint density at radius 3 is 2.44 bits per heavy atom. The number of nitrogens with zero attached hydrogens (tertiary/aromatic N) is 1. The Balaban J connectivity index is 1.77. The second-order valence-corrected chi connectivity index (χ2v) is 13.0. The number of esters is 1. The van der Waals surface area contributed by atoms with Crippen molar-refractivity contribution in [3.8, 4) is 11.5 Å². The van der Waals surface area contributed by atoms with E-state index in [1.165, 1.54) is 26.0 Å². The zero-order chi connectivity index (χ0) is 35.2. The number of carboxylic acid groups (broad SMARTS) is 1. The van der Waals surface area contributed by atoms with Crippen molar-refractivity contribution in [1.29, 1.82) is 0 Å². The van der Waals surface area contributed by atoms with E-state index in [9.17, 15) is 19.2 Å². The van der Waals surface area contributed by atoms with Crippen LogP contribution in [0.15, 0.2) is 54.6 Å². The van der Waals surface area contributed by atoms with Crippen molar-refractivity contribution in [2.24, 2.45) is 5.41 Å². The number of hydrogen-bond acceptors (Lipinski definition) is 8. The Hall–Kier alpha value is -4.32. The quantitative estimate of drug-likeness (QED) is 0.192. The van der Waals surface area contributed by atoms with Gasteiger partial charge < -0.3 is 34.3 Å². The highest BCUT2D eigenvalue weighted by Crippen LogP contribution is 2.45. The van der Waals surface area contributed by atoms with Gasteiger partial charge in [0.25, 0.3) is 5.91 Å². The van der Waals surface area contributed by atoms with Gasteiger partial charge in [-0.05, 0) is 48.4 Å². The molecule has 256 valence electrons. The SMILES string of the molecule is COc1cccc([C@H]2O[C@H](CC(=O)Nc3cc(CCC(=O)O)ccc3Cl)C(=O)N(CC(C)(C)COC(C)=O)c3ccc(Cl)cc32)c1OC. The summed E-state index contributed by atoms with van der Waals surface area (Å²) in [5, 5.41) is 12.5. The van der Waals surface area contributed by atoms with Gasteiger partial charge in [-0.25, -0.2) is 0 Å². The number of amides is 2. The zero-order valence-corrected chi connectivity index (χ0v) is 28.8. The van der Waals surface area contributed by atoms with Crippen LogP contribution in [0.3, 0.4) is 0 Å². The first-order valence-corrected chi connectivity index (χ1v) is 15.9. The van der Waals surface area contributed by atoms with E-state index in [0.717, 1.165) is 0 Å². The van der Waals surface area contributed by atoms with Crippen molar-refractivity contribution in [1.82, 2.24) is 0 Å². The Kier molecular flexibility index (Phi) is 12.0. The summed E-state index contributed by atoms with van der Waals surface area (Å²) >= 11 is 12.9. The van der Waals surface area contributed by atoms with E-state index in [2.05, 4.69) is 5.32 Å². The van der Waals surface area contributed by atoms with Crippen LogP contribution in [0.4, 0.5) is 11.4 Å². The number of aryl methyl sites for hydroxylation is 1. The second kappa shape index (κ2) is 15.7. The number of rotatable bonds is 13. The summed E-state index contributed by atoms with van der Waals surface area (Å²) < 4.78 is 23.2. The summed E-state index contributed by atoms with van der Waals surface area (Å²) in [5.74, 6) is -1.67. The molecule has 0 saturated carbocycles. The van der Waals surface area contributed by atoms with Crippen molar-refractivity contribution in [3.05, 3.63) is 81.3 Å². The number of carboxylic acids is 1. The van der Waals surface area contributed by atoms with E-state index in [1.807, 2.05) is 13.8 Å². The monoisotopic (exact) mass is 700 g/mol. The fraction of sp³-hybridized carbons (Fsp3) is 0.371. The molecule has 2 N–H and O–H groups in total. The van der Waals surface area contributed by atoms with Crippen LogP contribution >= 0.6 is 23.2 Å². The third-order valence-electron chi connectivity index (χ3n) is 7.68. The molecule has 0 radical (unpaired) electrons. The molecule has 2 amide bonds.